The Labute approximate surface area is 107 Å². The number of pyridine rings is 1. The summed E-state index contributed by atoms with van der Waals surface area (Å²) in [6.45, 7) is 11.4. The molecule has 0 N–H and O–H groups in total. The Morgan fingerprint density at radius 3 is 1.94 bits per heavy atom. The normalized spacial score (nSPS) is 12.4. The van der Waals surface area contributed by atoms with E-state index >= 15 is 0 Å². The van der Waals surface area contributed by atoms with Gasteiger partial charge in [-0.3, -0.25) is 4.41 Å². The van der Waals surface area contributed by atoms with Gasteiger partial charge in [-0.05, 0) is 19.6 Å². The van der Waals surface area contributed by atoms with E-state index in [1.165, 1.54) is 5.69 Å². The number of aromatic nitrogens is 1. The van der Waals surface area contributed by atoms with E-state index in [2.05, 4.69) is 80.8 Å². The first-order valence-corrected chi connectivity index (χ1v) is 11.9. The molecule has 0 spiro atoms. The van der Waals surface area contributed by atoms with E-state index in [9.17, 15) is 0 Å². The lowest BCUT2D eigenvalue weighted by Crippen LogP contribution is -2.31. The Morgan fingerprint density at radius 1 is 1.12 bits per heavy atom. The van der Waals surface area contributed by atoms with E-state index in [-0.39, 0.29) is 0 Å². The SMILES string of the molecule is CN(C)c1cc[n+](P(C)(C)=N[Si](C)(C)C)cc1. The molecule has 0 saturated heterocycles. The molecule has 0 bridgehead atoms. The molecule has 0 aliphatic carbocycles. The van der Waals surface area contributed by atoms with Crippen molar-refractivity contribution in [1.82, 2.24) is 0 Å². The van der Waals surface area contributed by atoms with E-state index in [0.29, 0.717) is 0 Å². The van der Waals surface area contributed by atoms with Gasteiger partial charge in [0.15, 0.2) is 27.8 Å². The van der Waals surface area contributed by atoms with E-state index < -0.39 is 15.4 Å². The van der Waals surface area contributed by atoms with Crippen molar-refractivity contribution >= 4 is 21.1 Å². The maximum Gasteiger partial charge on any atom is 0.197 e. The second-order valence-electron chi connectivity index (χ2n) is 5.94. The Hall–Kier alpha value is -0.603. The lowest BCUT2D eigenvalue weighted by atomic mass is 10.4. The van der Waals surface area contributed by atoms with Gasteiger partial charge in [0.2, 0.25) is 0 Å². The van der Waals surface area contributed by atoms with Gasteiger partial charge in [0, 0.05) is 45.2 Å². The van der Waals surface area contributed by atoms with Gasteiger partial charge >= 0.3 is 0 Å². The van der Waals surface area contributed by atoms with Crippen molar-refractivity contribution in [3.05, 3.63) is 24.5 Å². The van der Waals surface area contributed by atoms with Gasteiger partial charge in [0.1, 0.15) is 0 Å². The topological polar surface area (TPSA) is 19.5 Å². The highest BCUT2D eigenvalue weighted by Gasteiger charge is 2.23. The highest BCUT2D eigenvalue weighted by atomic mass is 31.2. The zero-order chi connectivity index (χ0) is 13.3. The molecule has 1 aromatic rings. The average Bonchev–Trinajstić information content (AvgIpc) is 2.14. The van der Waals surface area contributed by atoms with Crippen LogP contribution in [0.3, 0.4) is 0 Å². The van der Waals surface area contributed by atoms with Crippen LogP contribution >= 0.6 is 7.21 Å². The minimum atomic E-state index is -1.38. The largest absolute Gasteiger partial charge is 0.377 e. The summed E-state index contributed by atoms with van der Waals surface area (Å²) >= 11 is 0. The van der Waals surface area contributed by atoms with Crippen LogP contribution in [0.15, 0.2) is 28.9 Å². The van der Waals surface area contributed by atoms with Crippen molar-refractivity contribution < 1.29 is 4.34 Å². The number of nitrogens with zero attached hydrogens (tertiary/aromatic N) is 3. The third kappa shape index (κ3) is 4.28. The molecule has 96 valence electrons. The second-order valence-corrected chi connectivity index (χ2v) is 14.2. The van der Waals surface area contributed by atoms with Crippen LogP contribution in [-0.2, 0) is 0 Å². The number of hydrogen-bond donors (Lipinski definition) is 0. The monoisotopic (exact) mass is 270 g/mol. The summed E-state index contributed by atoms with van der Waals surface area (Å²) in [6.07, 6.45) is 4.32. The van der Waals surface area contributed by atoms with Crippen LogP contribution in [0.4, 0.5) is 5.69 Å². The maximum absolute atomic E-state index is 5.09. The predicted octanol–water partition coefficient (Wildman–Crippen LogP) is 3.10. The molecule has 0 atom stereocenters. The van der Waals surface area contributed by atoms with Gasteiger partial charge < -0.3 is 4.90 Å². The van der Waals surface area contributed by atoms with Crippen LogP contribution in [0.2, 0.25) is 19.6 Å². The molecule has 0 saturated carbocycles. The zero-order valence-corrected chi connectivity index (χ0v) is 14.0. The third-order valence-electron chi connectivity index (χ3n) is 2.42. The molecule has 0 amide bonds. The zero-order valence-electron chi connectivity index (χ0n) is 12.1. The highest BCUT2D eigenvalue weighted by molar-refractivity contribution is 7.59. The summed E-state index contributed by atoms with van der Waals surface area (Å²) in [5.74, 6) is 0. The fourth-order valence-corrected chi connectivity index (χ4v) is 8.89. The second kappa shape index (κ2) is 4.95. The summed E-state index contributed by atoms with van der Waals surface area (Å²) in [6, 6.07) is 4.31. The lowest BCUT2D eigenvalue weighted by molar-refractivity contribution is -0.513. The van der Waals surface area contributed by atoms with Crippen molar-refractivity contribution in [3.63, 3.8) is 0 Å². The first-order chi connectivity index (χ1) is 7.62. The fourth-order valence-electron chi connectivity index (χ4n) is 1.82. The summed E-state index contributed by atoms with van der Waals surface area (Å²) in [7, 11) is 1.37. The quantitative estimate of drug-likeness (QED) is 0.610. The van der Waals surface area contributed by atoms with Crippen molar-refractivity contribution in [3.8, 4) is 0 Å². The molecule has 0 aliphatic heterocycles. The minimum absolute atomic E-state index is 1.23. The number of rotatable bonds is 3. The van der Waals surface area contributed by atoms with E-state index in [1.807, 2.05) is 0 Å². The van der Waals surface area contributed by atoms with Gasteiger partial charge in [-0.15, -0.1) is 0 Å². The Bertz CT molecular complexity index is 426. The van der Waals surface area contributed by atoms with Gasteiger partial charge in [-0.2, -0.15) is 4.34 Å². The molecule has 0 aromatic carbocycles. The first kappa shape index (κ1) is 14.5. The Balaban J connectivity index is 3.13. The Kier molecular flexibility index (Phi) is 4.21. The molecule has 0 aliphatic rings. The van der Waals surface area contributed by atoms with Crippen molar-refractivity contribution in [2.75, 3.05) is 32.3 Å². The molecule has 3 nitrogen and oxygen atoms in total. The Morgan fingerprint density at radius 2 is 1.59 bits per heavy atom. The molecule has 0 fully saturated rings. The molecule has 1 aromatic heterocycles. The van der Waals surface area contributed by atoms with Gasteiger partial charge in [-0.1, -0.05) is 0 Å². The molecular weight excluding hydrogens is 245 g/mol. The van der Waals surface area contributed by atoms with Crippen LogP contribution in [0.1, 0.15) is 0 Å². The molecule has 1 heterocycles. The van der Waals surface area contributed by atoms with Gasteiger partial charge in [0.25, 0.3) is 0 Å². The third-order valence-corrected chi connectivity index (χ3v) is 8.18. The molecule has 17 heavy (non-hydrogen) atoms. The smallest absolute Gasteiger partial charge is 0.197 e. The average molecular weight is 270 g/mol. The predicted molar refractivity (Wildman–Crippen MR) is 80.9 cm³/mol. The number of hydrogen-bond acceptors (Lipinski definition) is 2. The number of anilines is 1. The molecular formula is C12H25N3PSi+. The lowest BCUT2D eigenvalue weighted by Gasteiger charge is -2.17. The van der Waals surface area contributed by atoms with Gasteiger partial charge in [-0.25, -0.2) is 0 Å². The van der Waals surface area contributed by atoms with Gasteiger partial charge in [0.05, 0.1) is 0 Å². The summed E-state index contributed by atoms with van der Waals surface area (Å²) in [5, 5.41) is 0. The maximum atomic E-state index is 5.09. The highest BCUT2D eigenvalue weighted by Crippen LogP contribution is 2.37. The van der Waals surface area contributed by atoms with Crippen molar-refractivity contribution in [2.45, 2.75) is 19.6 Å². The first-order valence-electron chi connectivity index (χ1n) is 5.90. The minimum Gasteiger partial charge on any atom is -0.377 e. The van der Waals surface area contributed by atoms with Crippen LogP contribution in [0.5, 0.6) is 0 Å². The van der Waals surface area contributed by atoms with Crippen LogP contribution in [-0.4, -0.2) is 35.7 Å². The summed E-state index contributed by atoms with van der Waals surface area (Å²) in [5.41, 5.74) is 1.23. The fraction of sp³-hybridized carbons (Fsp3) is 0.583. The van der Waals surface area contributed by atoms with E-state index in [1.54, 1.807) is 0 Å². The van der Waals surface area contributed by atoms with E-state index in [4.69, 9.17) is 4.41 Å². The van der Waals surface area contributed by atoms with Crippen LogP contribution in [0.25, 0.3) is 0 Å². The van der Waals surface area contributed by atoms with Crippen molar-refractivity contribution in [1.29, 1.82) is 0 Å². The molecule has 5 heteroatoms. The molecule has 0 unspecified atom stereocenters. The summed E-state index contributed by atoms with van der Waals surface area (Å²) < 4.78 is 7.38. The van der Waals surface area contributed by atoms with Crippen molar-refractivity contribution in [2.24, 2.45) is 4.41 Å². The van der Waals surface area contributed by atoms with Crippen LogP contribution in [0, 0.1) is 0 Å². The molecule has 0 radical (unpaired) electrons. The summed E-state index contributed by atoms with van der Waals surface area (Å²) in [4.78, 5) is 2.12. The standard InChI is InChI=1S/C12H25N3PSi/c1-14(2)12-8-10-15(11-9-12)16(3,4)13-17(5,6)7/h8-11H,1-7H3/q+1. The molecule has 1 rings (SSSR count). The van der Waals surface area contributed by atoms with E-state index in [0.717, 1.165) is 0 Å². The van der Waals surface area contributed by atoms with Crippen LogP contribution < -0.4 is 9.24 Å².